The highest BCUT2D eigenvalue weighted by molar-refractivity contribution is 7.95. The molecular weight excluding hydrogens is 205 g/mol. The minimum atomic E-state index is -5.18. The number of alkyl halides is 3. The molecule has 0 atom stereocenters. The average Bonchev–Trinajstić information content (AvgIpc) is 1.82. The molecule has 0 aliphatic carbocycles. The monoisotopic (exact) mass is 216 g/mol. The van der Waals surface area contributed by atoms with E-state index in [0.29, 0.717) is 6.42 Å². The molecule has 0 aliphatic heterocycles. The van der Waals surface area contributed by atoms with Crippen LogP contribution in [-0.4, -0.2) is 13.9 Å². The van der Waals surface area contributed by atoms with Gasteiger partial charge in [0.1, 0.15) is 0 Å². The first kappa shape index (κ1) is 12.5. The van der Waals surface area contributed by atoms with Crippen molar-refractivity contribution in [1.29, 1.82) is 0 Å². The largest absolute Gasteiger partial charge is 0.501 e. The molecular formula is C7H11F3O2S. The molecule has 0 unspecified atom stereocenters. The Morgan fingerprint density at radius 2 is 1.77 bits per heavy atom. The number of hydrogen-bond donors (Lipinski definition) is 0. The van der Waals surface area contributed by atoms with E-state index in [1.54, 1.807) is 13.8 Å². The van der Waals surface area contributed by atoms with Gasteiger partial charge in [-0.25, -0.2) is 8.42 Å². The quantitative estimate of drug-likeness (QED) is 0.726. The van der Waals surface area contributed by atoms with Gasteiger partial charge < -0.3 is 0 Å². The highest BCUT2D eigenvalue weighted by atomic mass is 32.2. The number of sulfone groups is 1. The van der Waals surface area contributed by atoms with Crippen molar-refractivity contribution >= 4 is 9.84 Å². The maximum absolute atomic E-state index is 11.7. The van der Waals surface area contributed by atoms with Crippen molar-refractivity contribution in [2.24, 2.45) is 5.92 Å². The summed E-state index contributed by atoms with van der Waals surface area (Å²) in [5, 5.41) is 0.215. The third-order valence-corrected chi connectivity index (χ3v) is 2.40. The smallest absolute Gasteiger partial charge is 0.215 e. The van der Waals surface area contributed by atoms with Gasteiger partial charge in [0.15, 0.2) is 0 Å². The number of allylic oxidation sites excluding steroid dienone is 1. The van der Waals surface area contributed by atoms with Crippen molar-refractivity contribution in [2.75, 3.05) is 0 Å². The molecule has 78 valence electrons. The third-order valence-electron chi connectivity index (χ3n) is 1.21. The standard InChI is InChI=1S/C7H11F3O2S/c1-6(2)4-3-5-13(11,12)7(8,9)10/h3,5-6H,4H2,1-2H3/b5-3+. The number of rotatable bonds is 3. The summed E-state index contributed by atoms with van der Waals surface area (Å²) in [4.78, 5) is 0. The van der Waals surface area contributed by atoms with E-state index in [2.05, 4.69) is 0 Å². The Labute approximate surface area is 75.4 Å². The Morgan fingerprint density at radius 1 is 1.31 bits per heavy atom. The zero-order chi connectivity index (χ0) is 10.7. The SMILES string of the molecule is CC(C)C/C=C/S(=O)(=O)C(F)(F)F. The second kappa shape index (κ2) is 4.13. The van der Waals surface area contributed by atoms with Crippen LogP contribution in [0.2, 0.25) is 0 Å². The van der Waals surface area contributed by atoms with E-state index in [0.717, 1.165) is 6.08 Å². The first-order valence-electron chi connectivity index (χ1n) is 3.64. The summed E-state index contributed by atoms with van der Waals surface area (Å²) in [5.74, 6) is 0.139. The topological polar surface area (TPSA) is 34.1 Å². The molecule has 0 rings (SSSR count). The van der Waals surface area contributed by atoms with Crippen LogP contribution in [0, 0.1) is 5.92 Å². The van der Waals surface area contributed by atoms with Crippen molar-refractivity contribution in [2.45, 2.75) is 25.8 Å². The molecule has 0 N–H and O–H groups in total. The molecule has 0 saturated heterocycles. The molecule has 0 amide bonds. The zero-order valence-corrected chi connectivity index (χ0v) is 8.11. The predicted molar refractivity (Wildman–Crippen MR) is 43.6 cm³/mol. The molecule has 0 radical (unpaired) electrons. The van der Waals surface area contributed by atoms with Gasteiger partial charge in [-0.1, -0.05) is 19.9 Å². The van der Waals surface area contributed by atoms with Crippen LogP contribution in [0.25, 0.3) is 0 Å². The van der Waals surface area contributed by atoms with Crippen LogP contribution >= 0.6 is 0 Å². The Bertz CT molecular complexity index is 275. The molecule has 13 heavy (non-hydrogen) atoms. The second-order valence-electron chi connectivity index (χ2n) is 2.99. The molecule has 0 aromatic heterocycles. The summed E-state index contributed by atoms with van der Waals surface area (Å²) >= 11 is 0. The van der Waals surface area contributed by atoms with E-state index in [1.165, 1.54) is 0 Å². The van der Waals surface area contributed by atoms with Crippen LogP contribution in [0.5, 0.6) is 0 Å². The van der Waals surface area contributed by atoms with Gasteiger partial charge in [-0.3, -0.25) is 0 Å². The van der Waals surface area contributed by atoms with Crippen LogP contribution in [0.15, 0.2) is 11.5 Å². The van der Waals surface area contributed by atoms with E-state index >= 15 is 0 Å². The summed E-state index contributed by atoms with van der Waals surface area (Å²) in [7, 11) is -5.07. The molecule has 0 saturated carbocycles. The molecule has 0 aliphatic rings. The van der Waals surface area contributed by atoms with Crippen LogP contribution in [0.3, 0.4) is 0 Å². The van der Waals surface area contributed by atoms with Gasteiger partial charge in [-0.15, -0.1) is 0 Å². The van der Waals surface area contributed by atoms with Crippen molar-refractivity contribution in [1.82, 2.24) is 0 Å². The third kappa shape index (κ3) is 4.31. The van der Waals surface area contributed by atoms with Gasteiger partial charge >= 0.3 is 5.51 Å². The lowest BCUT2D eigenvalue weighted by Gasteiger charge is -2.03. The van der Waals surface area contributed by atoms with E-state index in [9.17, 15) is 21.6 Å². The summed E-state index contributed by atoms with van der Waals surface area (Å²) in [6.45, 7) is 3.56. The fraction of sp³-hybridized carbons (Fsp3) is 0.714. The predicted octanol–water partition coefficient (Wildman–Crippen LogP) is 2.48. The van der Waals surface area contributed by atoms with Crippen LogP contribution in [-0.2, 0) is 9.84 Å². The van der Waals surface area contributed by atoms with Crippen LogP contribution in [0.4, 0.5) is 13.2 Å². The Hall–Kier alpha value is -0.520. The van der Waals surface area contributed by atoms with Crippen molar-refractivity contribution in [3.8, 4) is 0 Å². The highest BCUT2D eigenvalue weighted by Crippen LogP contribution is 2.24. The normalized spacial score (nSPS) is 14.3. The van der Waals surface area contributed by atoms with Gasteiger partial charge in [0.25, 0.3) is 9.84 Å². The van der Waals surface area contributed by atoms with E-state index in [-0.39, 0.29) is 11.3 Å². The van der Waals surface area contributed by atoms with Crippen molar-refractivity contribution < 1.29 is 21.6 Å². The summed E-state index contributed by atoms with van der Waals surface area (Å²) < 4.78 is 56.0. The molecule has 6 heteroatoms. The summed E-state index contributed by atoms with van der Waals surface area (Å²) in [5.41, 5.74) is -5.18. The molecule has 2 nitrogen and oxygen atoms in total. The van der Waals surface area contributed by atoms with E-state index < -0.39 is 15.3 Å². The lowest BCUT2D eigenvalue weighted by atomic mass is 10.1. The Morgan fingerprint density at radius 3 is 2.08 bits per heavy atom. The first-order chi connectivity index (χ1) is 5.67. The molecule has 0 aromatic rings. The minimum absolute atomic E-state index is 0.139. The van der Waals surface area contributed by atoms with Gasteiger partial charge in [0, 0.05) is 5.41 Å². The van der Waals surface area contributed by atoms with Gasteiger partial charge in [-0.05, 0) is 12.3 Å². The number of halogens is 3. The fourth-order valence-electron chi connectivity index (χ4n) is 0.532. The minimum Gasteiger partial charge on any atom is -0.215 e. The maximum Gasteiger partial charge on any atom is 0.501 e. The Balaban J connectivity index is 4.45. The molecule has 0 fully saturated rings. The summed E-state index contributed by atoms with van der Waals surface area (Å²) in [6, 6.07) is 0. The Kier molecular flexibility index (Phi) is 3.96. The maximum atomic E-state index is 11.7. The second-order valence-corrected chi connectivity index (χ2v) is 4.82. The molecule has 0 spiro atoms. The first-order valence-corrected chi connectivity index (χ1v) is 5.19. The summed E-state index contributed by atoms with van der Waals surface area (Å²) in [6.07, 6.45) is 1.34. The lowest BCUT2D eigenvalue weighted by molar-refractivity contribution is -0.0423. The van der Waals surface area contributed by atoms with Crippen LogP contribution in [0.1, 0.15) is 20.3 Å². The van der Waals surface area contributed by atoms with Gasteiger partial charge in [0.05, 0.1) is 0 Å². The van der Waals surface area contributed by atoms with E-state index in [1.807, 2.05) is 0 Å². The number of hydrogen-bond acceptors (Lipinski definition) is 2. The molecule has 0 heterocycles. The van der Waals surface area contributed by atoms with Crippen molar-refractivity contribution in [3.05, 3.63) is 11.5 Å². The van der Waals surface area contributed by atoms with E-state index in [4.69, 9.17) is 0 Å². The zero-order valence-electron chi connectivity index (χ0n) is 7.30. The highest BCUT2D eigenvalue weighted by Gasteiger charge is 2.43. The fourth-order valence-corrected chi connectivity index (χ4v) is 1.05. The lowest BCUT2D eigenvalue weighted by Crippen LogP contribution is -2.20. The van der Waals surface area contributed by atoms with Gasteiger partial charge in [0.2, 0.25) is 0 Å². The molecule has 0 bridgehead atoms. The van der Waals surface area contributed by atoms with Crippen LogP contribution < -0.4 is 0 Å². The average molecular weight is 216 g/mol. The van der Waals surface area contributed by atoms with Crippen molar-refractivity contribution in [3.63, 3.8) is 0 Å². The van der Waals surface area contributed by atoms with Gasteiger partial charge in [-0.2, -0.15) is 13.2 Å². The molecule has 0 aromatic carbocycles.